The van der Waals surface area contributed by atoms with Crippen LogP contribution in [0.1, 0.15) is 30.5 Å². The molecule has 0 aliphatic rings. The first-order valence-electron chi connectivity index (χ1n) is 6.01. The number of hydrogen-bond donors (Lipinski definition) is 1. The standard InChI is InChI=1S/C13H22N2OS/c1-9(2)15(13(16)10(3)7-14)8-12-6-5-11(4)17-12/h5-6,9-10H,7-8,14H2,1-4H3. The molecule has 17 heavy (non-hydrogen) atoms. The normalized spacial score (nSPS) is 12.8. The molecule has 0 fully saturated rings. The molecule has 1 aromatic heterocycles. The SMILES string of the molecule is Cc1ccc(CN(C(=O)C(C)CN)C(C)C)s1. The van der Waals surface area contributed by atoms with Crippen LogP contribution in [0.4, 0.5) is 0 Å². The van der Waals surface area contributed by atoms with Gasteiger partial charge in [-0.15, -0.1) is 11.3 Å². The Morgan fingerprint density at radius 3 is 2.47 bits per heavy atom. The largest absolute Gasteiger partial charge is 0.335 e. The third kappa shape index (κ3) is 3.82. The van der Waals surface area contributed by atoms with Crippen LogP contribution < -0.4 is 5.73 Å². The third-order valence-electron chi connectivity index (χ3n) is 2.80. The number of carbonyl (C=O) groups excluding carboxylic acids is 1. The van der Waals surface area contributed by atoms with Crippen LogP contribution in [0.5, 0.6) is 0 Å². The Morgan fingerprint density at radius 1 is 1.41 bits per heavy atom. The van der Waals surface area contributed by atoms with Crippen LogP contribution in [0.3, 0.4) is 0 Å². The number of nitrogens with two attached hydrogens (primary N) is 1. The average molecular weight is 254 g/mol. The Bertz CT molecular complexity index is 373. The minimum atomic E-state index is -0.0986. The fraction of sp³-hybridized carbons (Fsp3) is 0.615. The van der Waals surface area contributed by atoms with E-state index in [2.05, 4.69) is 19.1 Å². The highest BCUT2D eigenvalue weighted by Crippen LogP contribution is 2.19. The lowest BCUT2D eigenvalue weighted by Crippen LogP contribution is -2.41. The van der Waals surface area contributed by atoms with Crippen LogP contribution in [-0.4, -0.2) is 23.4 Å². The van der Waals surface area contributed by atoms with Gasteiger partial charge in [-0.3, -0.25) is 4.79 Å². The Morgan fingerprint density at radius 2 is 2.06 bits per heavy atom. The van der Waals surface area contributed by atoms with Crippen LogP contribution >= 0.6 is 11.3 Å². The molecule has 0 bridgehead atoms. The van der Waals surface area contributed by atoms with Gasteiger partial charge in [0.05, 0.1) is 6.54 Å². The second-order valence-corrected chi connectivity index (χ2v) is 6.08. The summed E-state index contributed by atoms with van der Waals surface area (Å²) in [7, 11) is 0. The molecular formula is C13H22N2OS. The summed E-state index contributed by atoms with van der Waals surface area (Å²) in [4.78, 5) is 16.6. The number of thiophene rings is 1. The van der Waals surface area contributed by atoms with Gasteiger partial charge in [-0.25, -0.2) is 0 Å². The van der Waals surface area contributed by atoms with Crippen molar-refractivity contribution in [3.63, 3.8) is 0 Å². The number of nitrogens with zero attached hydrogens (tertiary/aromatic N) is 1. The van der Waals surface area contributed by atoms with E-state index >= 15 is 0 Å². The lowest BCUT2D eigenvalue weighted by Gasteiger charge is -2.28. The Kier molecular flexibility index (Phi) is 5.15. The first kappa shape index (κ1) is 14.2. The van der Waals surface area contributed by atoms with Gasteiger partial charge in [-0.1, -0.05) is 6.92 Å². The van der Waals surface area contributed by atoms with Gasteiger partial charge in [0.1, 0.15) is 0 Å². The van der Waals surface area contributed by atoms with E-state index in [1.807, 2.05) is 25.7 Å². The van der Waals surface area contributed by atoms with Crippen molar-refractivity contribution < 1.29 is 4.79 Å². The molecule has 0 saturated heterocycles. The topological polar surface area (TPSA) is 46.3 Å². The average Bonchev–Trinajstić information content (AvgIpc) is 2.69. The van der Waals surface area contributed by atoms with Gasteiger partial charge in [-0.2, -0.15) is 0 Å². The maximum Gasteiger partial charge on any atom is 0.227 e. The molecule has 1 atom stereocenters. The van der Waals surface area contributed by atoms with Gasteiger partial charge in [-0.05, 0) is 32.9 Å². The predicted molar refractivity (Wildman–Crippen MR) is 73.0 cm³/mol. The van der Waals surface area contributed by atoms with Crippen molar-refractivity contribution in [1.29, 1.82) is 0 Å². The van der Waals surface area contributed by atoms with Gasteiger partial charge < -0.3 is 10.6 Å². The van der Waals surface area contributed by atoms with E-state index in [9.17, 15) is 4.79 Å². The summed E-state index contributed by atoms with van der Waals surface area (Å²) in [5.41, 5.74) is 5.56. The molecule has 0 aliphatic carbocycles. The summed E-state index contributed by atoms with van der Waals surface area (Å²) in [5, 5.41) is 0. The van der Waals surface area contributed by atoms with Gasteiger partial charge in [0.2, 0.25) is 5.91 Å². The van der Waals surface area contributed by atoms with E-state index in [1.54, 1.807) is 11.3 Å². The van der Waals surface area contributed by atoms with E-state index in [0.29, 0.717) is 13.1 Å². The van der Waals surface area contributed by atoms with E-state index in [0.717, 1.165) is 0 Å². The van der Waals surface area contributed by atoms with Crippen molar-refractivity contribution in [2.45, 2.75) is 40.3 Å². The van der Waals surface area contributed by atoms with Crippen molar-refractivity contribution in [2.75, 3.05) is 6.54 Å². The number of rotatable bonds is 5. The highest BCUT2D eigenvalue weighted by Gasteiger charge is 2.22. The molecule has 1 amide bonds. The summed E-state index contributed by atoms with van der Waals surface area (Å²) < 4.78 is 0. The minimum absolute atomic E-state index is 0.0986. The number of hydrogen-bond acceptors (Lipinski definition) is 3. The first-order valence-corrected chi connectivity index (χ1v) is 6.83. The van der Waals surface area contributed by atoms with Gasteiger partial charge in [0.25, 0.3) is 0 Å². The summed E-state index contributed by atoms with van der Waals surface area (Å²) in [5.74, 6) is 0.0482. The third-order valence-corrected chi connectivity index (χ3v) is 3.79. The maximum atomic E-state index is 12.2. The molecule has 3 nitrogen and oxygen atoms in total. The fourth-order valence-corrected chi connectivity index (χ4v) is 2.53. The molecule has 2 N–H and O–H groups in total. The highest BCUT2D eigenvalue weighted by molar-refractivity contribution is 7.11. The Labute approximate surface area is 108 Å². The summed E-state index contributed by atoms with van der Waals surface area (Å²) in [6.45, 7) is 9.16. The van der Waals surface area contributed by atoms with Crippen molar-refractivity contribution in [3.8, 4) is 0 Å². The van der Waals surface area contributed by atoms with E-state index in [-0.39, 0.29) is 17.9 Å². The van der Waals surface area contributed by atoms with Crippen LogP contribution in [-0.2, 0) is 11.3 Å². The van der Waals surface area contributed by atoms with Crippen molar-refractivity contribution in [1.82, 2.24) is 4.90 Å². The maximum absolute atomic E-state index is 12.2. The first-order chi connectivity index (χ1) is 7.95. The summed E-state index contributed by atoms with van der Waals surface area (Å²) in [6, 6.07) is 4.39. The Balaban J connectivity index is 2.76. The zero-order valence-corrected chi connectivity index (χ0v) is 11.9. The lowest BCUT2D eigenvalue weighted by atomic mass is 10.1. The number of aryl methyl sites for hydroxylation is 1. The molecule has 4 heteroatoms. The fourth-order valence-electron chi connectivity index (χ4n) is 1.64. The van der Waals surface area contributed by atoms with Crippen molar-refractivity contribution in [2.24, 2.45) is 11.7 Å². The molecule has 0 spiro atoms. The molecule has 1 rings (SSSR count). The zero-order chi connectivity index (χ0) is 13.0. The molecule has 1 unspecified atom stereocenters. The van der Waals surface area contributed by atoms with Crippen LogP contribution in [0.15, 0.2) is 12.1 Å². The number of carbonyl (C=O) groups is 1. The van der Waals surface area contributed by atoms with E-state index < -0.39 is 0 Å². The molecular weight excluding hydrogens is 232 g/mol. The minimum Gasteiger partial charge on any atom is -0.335 e. The summed E-state index contributed by atoms with van der Waals surface area (Å²) in [6.07, 6.45) is 0. The molecule has 0 aliphatic heterocycles. The quantitative estimate of drug-likeness (QED) is 0.877. The number of amides is 1. The second-order valence-electron chi connectivity index (χ2n) is 4.71. The molecule has 0 saturated carbocycles. The molecule has 1 aromatic rings. The van der Waals surface area contributed by atoms with Crippen LogP contribution in [0.2, 0.25) is 0 Å². The van der Waals surface area contributed by atoms with Crippen molar-refractivity contribution >= 4 is 17.2 Å². The van der Waals surface area contributed by atoms with Gasteiger partial charge >= 0.3 is 0 Å². The predicted octanol–water partition coefficient (Wildman–Crippen LogP) is 2.39. The summed E-state index contributed by atoms with van der Waals surface area (Å²) >= 11 is 1.75. The highest BCUT2D eigenvalue weighted by atomic mass is 32.1. The van der Waals surface area contributed by atoms with Crippen LogP contribution in [0, 0.1) is 12.8 Å². The second kappa shape index (κ2) is 6.17. The molecule has 0 aromatic carbocycles. The molecule has 96 valence electrons. The zero-order valence-electron chi connectivity index (χ0n) is 11.1. The Hall–Kier alpha value is -0.870. The van der Waals surface area contributed by atoms with E-state index in [1.165, 1.54) is 9.75 Å². The monoisotopic (exact) mass is 254 g/mol. The van der Waals surface area contributed by atoms with Crippen LogP contribution in [0.25, 0.3) is 0 Å². The lowest BCUT2D eigenvalue weighted by molar-refractivity contribution is -0.137. The smallest absolute Gasteiger partial charge is 0.227 e. The molecule has 1 heterocycles. The molecule has 0 radical (unpaired) electrons. The van der Waals surface area contributed by atoms with Gasteiger partial charge in [0, 0.05) is 28.3 Å². The van der Waals surface area contributed by atoms with Gasteiger partial charge in [0.15, 0.2) is 0 Å². The van der Waals surface area contributed by atoms with E-state index in [4.69, 9.17) is 5.73 Å². The van der Waals surface area contributed by atoms with Crippen molar-refractivity contribution in [3.05, 3.63) is 21.9 Å².